The highest BCUT2D eigenvalue weighted by atomic mass is 19.1. The summed E-state index contributed by atoms with van der Waals surface area (Å²) >= 11 is 0. The van der Waals surface area contributed by atoms with E-state index in [9.17, 15) is 13.6 Å². The third kappa shape index (κ3) is 4.45. The second kappa shape index (κ2) is 8.79. The number of hydrogen-bond acceptors (Lipinski definition) is 3. The molecule has 0 spiro atoms. The molecule has 3 aromatic carbocycles. The van der Waals surface area contributed by atoms with Crippen LogP contribution in [0.25, 0.3) is 16.8 Å². The molecule has 0 aliphatic carbocycles. The van der Waals surface area contributed by atoms with Crippen molar-refractivity contribution in [3.8, 4) is 22.6 Å². The lowest BCUT2D eigenvalue weighted by Crippen LogP contribution is -2.23. The number of imidazole rings is 1. The van der Waals surface area contributed by atoms with Gasteiger partial charge in [-0.25, -0.2) is 13.8 Å². The molecule has 0 radical (unpaired) electrons. The summed E-state index contributed by atoms with van der Waals surface area (Å²) in [5.41, 5.74) is 2.27. The molecule has 156 valence electrons. The van der Waals surface area contributed by atoms with Gasteiger partial charge in [-0.1, -0.05) is 18.2 Å². The molecular formula is C24H19F2N3O2. The average molecular weight is 419 g/mol. The highest BCUT2D eigenvalue weighted by Crippen LogP contribution is 2.27. The van der Waals surface area contributed by atoms with E-state index in [1.165, 1.54) is 31.4 Å². The van der Waals surface area contributed by atoms with Crippen molar-refractivity contribution in [2.45, 2.75) is 6.54 Å². The summed E-state index contributed by atoms with van der Waals surface area (Å²) in [5, 5.41) is 2.71. The zero-order valence-corrected chi connectivity index (χ0v) is 16.7. The molecule has 0 aliphatic rings. The molecule has 1 amide bonds. The van der Waals surface area contributed by atoms with E-state index in [0.717, 1.165) is 17.3 Å². The van der Waals surface area contributed by atoms with Crippen molar-refractivity contribution in [1.82, 2.24) is 14.9 Å². The van der Waals surface area contributed by atoms with Crippen molar-refractivity contribution in [3.05, 3.63) is 102 Å². The number of ether oxygens (including phenoxy) is 1. The van der Waals surface area contributed by atoms with E-state index in [1.807, 2.05) is 35.0 Å². The van der Waals surface area contributed by atoms with Crippen molar-refractivity contribution >= 4 is 5.91 Å². The molecule has 0 bridgehead atoms. The van der Waals surface area contributed by atoms with Gasteiger partial charge in [0.15, 0.2) is 0 Å². The Morgan fingerprint density at radius 2 is 1.84 bits per heavy atom. The molecule has 0 atom stereocenters. The Bertz CT molecular complexity index is 1210. The third-order valence-electron chi connectivity index (χ3n) is 4.89. The predicted octanol–water partition coefficient (Wildman–Crippen LogP) is 4.76. The molecule has 0 fully saturated rings. The highest BCUT2D eigenvalue weighted by Gasteiger charge is 2.14. The van der Waals surface area contributed by atoms with Gasteiger partial charge in [0.1, 0.15) is 17.4 Å². The summed E-state index contributed by atoms with van der Waals surface area (Å²) in [6.45, 7) is 0.247. The Morgan fingerprint density at radius 3 is 2.48 bits per heavy atom. The fourth-order valence-electron chi connectivity index (χ4n) is 3.20. The number of rotatable bonds is 6. The average Bonchev–Trinajstić information content (AvgIpc) is 3.32. The Balaban J connectivity index is 1.44. The molecule has 5 nitrogen and oxygen atoms in total. The standard InChI is InChI=1S/C24H19F2N3O2/c1-31-19-7-9-20(23(26)13-19)17-4-8-21(22(25)12-17)24(30)28-14-16-2-5-18(6-3-16)29-11-10-27-15-29/h2-13,15H,14H2,1H3,(H,28,30). The summed E-state index contributed by atoms with van der Waals surface area (Å²) in [4.78, 5) is 16.4. The van der Waals surface area contributed by atoms with E-state index < -0.39 is 17.5 Å². The number of benzene rings is 3. The predicted molar refractivity (Wildman–Crippen MR) is 113 cm³/mol. The SMILES string of the molecule is COc1ccc(-c2ccc(C(=O)NCc3ccc(-n4ccnc4)cc3)c(F)c2)c(F)c1. The molecule has 0 saturated heterocycles. The van der Waals surface area contributed by atoms with Crippen molar-refractivity contribution in [2.75, 3.05) is 7.11 Å². The molecule has 1 heterocycles. The fraction of sp³-hybridized carbons (Fsp3) is 0.0833. The van der Waals surface area contributed by atoms with Crippen LogP contribution in [0.5, 0.6) is 5.75 Å². The van der Waals surface area contributed by atoms with Gasteiger partial charge in [0.05, 0.1) is 19.0 Å². The minimum Gasteiger partial charge on any atom is -0.497 e. The second-order valence-corrected chi connectivity index (χ2v) is 6.86. The van der Waals surface area contributed by atoms with E-state index in [4.69, 9.17) is 4.74 Å². The van der Waals surface area contributed by atoms with E-state index in [-0.39, 0.29) is 17.7 Å². The fourth-order valence-corrected chi connectivity index (χ4v) is 3.20. The van der Waals surface area contributed by atoms with Crippen molar-refractivity contribution in [3.63, 3.8) is 0 Å². The maximum atomic E-state index is 14.6. The number of nitrogens with zero attached hydrogens (tertiary/aromatic N) is 2. The Labute approximate surface area is 177 Å². The van der Waals surface area contributed by atoms with Gasteiger partial charge in [-0.3, -0.25) is 4.79 Å². The van der Waals surface area contributed by atoms with Crippen LogP contribution in [0.1, 0.15) is 15.9 Å². The molecule has 1 N–H and O–H groups in total. The molecule has 4 aromatic rings. The van der Waals surface area contributed by atoms with Gasteiger partial charge in [0, 0.05) is 36.3 Å². The van der Waals surface area contributed by atoms with Gasteiger partial charge in [-0.05, 0) is 47.5 Å². The number of aromatic nitrogens is 2. The van der Waals surface area contributed by atoms with Crippen LogP contribution in [0.2, 0.25) is 0 Å². The second-order valence-electron chi connectivity index (χ2n) is 6.86. The van der Waals surface area contributed by atoms with Crippen LogP contribution >= 0.6 is 0 Å². The van der Waals surface area contributed by atoms with Crippen LogP contribution in [-0.2, 0) is 6.54 Å². The molecular weight excluding hydrogens is 400 g/mol. The zero-order valence-electron chi connectivity index (χ0n) is 16.7. The number of methoxy groups -OCH3 is 1. The zero-order chi connectivity index (χ0) is 21.8. The Hall–Kier alpha value is -4.00. The topological polar surface area (TPSA) is 56.1 Å². The van der Waals surface area contributed by atoms with Crippen LogP contribution in [0.15, 0.2) is 79.4 Å². The lowest BCUT2D eigenvalue weighted by molar-refractivity contribution is 0.0947. The smallest absolute Gasteiger partial charge is 0.254 e. The van der Waals surface area contributed by atoms with Gasteiger partial charge in [-0.2, -0.15) is 0 Å². The maximum Gasteiger partial charge on any atom is 0.254 e. The van der Waals surface area contributed by atoms with E-state index in [2.05, 4.69) is 10.3 Å². The van der Waals surface area contributed by atoms with Crippen LogP contribution < -0.4 is 10.1 Å². The van der Waals surface area contributed by atoms with Gasteiger partial charge in [0.25, 0.3) is 5.91 Å². The first-order valence-electron chi connectivity index (χ1n) is 9.54. The minimum atomic E-state index is -0.722. The summed E-state index contributed by atoms with van der Waals surface area (Å²) in [6, 6.07) is 15.9. The van der Waals surface area contributed by atoms with Crippen LogP contribution in [0.3, 0.4) is 0 Å². The van der Waals surface area contributed by atoms with E-state index in [1.54, 1.807) is 18.6 Å². The molecule has 4 rings (SSSR count). The molecule has 7 heteroatoms. The molecule has 0 unspecified atom stereocenters. The third-order valence-corrected chi connectivity index (χ3v) is 4.89. The summed E-state index contributed by atoms with van der Waals surface area (Å²) in [5.74, 6) is -1.43. The molecule has 0 saturated carbocycles. The van der Waals surface area contributed by atoms with E-state index >= 15 is 0 Å². The van der Waals surface area contributed by atoms with Crippen molar-refractivity contribution in [1.29, 1.82) is 0 Å². The quantitative estimate of drug-likeness (QED) is 0.490. The number of carbonyl (C=O) groups is 1. The van der Waals surface area contributed by atoms with E-state index in [0.29, 0.717) is 11.3 Å². The first kappa shape index (κ1) is 20.3. The molecule has 0 aliphatic heterocycles. The van der Waals surface area contributed by atoms with Gasteiger partial charge in [0.2, 0.25) is 0 Å². The summed E-state index contributed by atoms with van der Waals surface area (Å²) in [7, 11) is 1.44. The first-order chi connectivity index (χ1) is 15.0. The Morgan fingerprint density at radius 1 is 1.03 bits per heavy atom. The minimum absolute atomic E-state index is 0.104. The normalized spacial score (nSPS) is 10.7. The number of hydrogen-bond donors (Lipinski definition) is 1. The lowest BCUT2D eigenvalue weighted by atomic mass is 10.0. The summed E-state index contributed by atoms with van der Waals surface area (Å²) in [6.07, 6.45) is 5.22. The lowest BCUT2D eigenvalue weighted by Gasteiger charge is -2.10. The number of carbonyl (C=O) groups excluding carboxylic acids is 1. The van der Waals surface area contributed by atoms with Crippen molar-refractivity contribution in [2.24, 2.45) is 0 Å². The highest BCUT2D eigenvalue weighted by molar-refractivity contribution is 5.95. The number of nitrogens with one attached hydrogen (secondary N) is 1. The van der Waals surface area contributed by atoms with Gasteiger partial charge in [-0.15, -0.1) is 0 Å². The van der Waals surface area contributed by atoms with Crippen molar-refractivity contribution < 1.29 is 18.3 Å². The summed E-state index contributed by atoms with van der Waals surface area (Å²) < 4.78 is 35.7. The maximum absolute atomic E-state index is 14.6. The first-order valence-corrected chi connectivity index (χ1v) is 9.54. The number of amides is 1. The van der Waals surface area contributed by atoms with Gasteiger partial charge < -0.3 is 14.6 Å². The molecule has 1 aromatic heterocycles. The van der Waals surface area contributed by atoms with Crippen LogP contribution in [0.4, 0.5) is 8.78 Å². The van der Waals surface area contributed by atoms with Gasteiger partial charge >= 0.3 is 0 Å². The van der Waals surface area contributed by atoms with Crippen LogP contribution in [0, 0.1) is 11.6 Å². The monoisotopic (exact) mass is 419 g/mol. The number of halogens is 2. The largest absolute Gasteiger partial charge is 0.497 e. The van der Waals surface area contributed by atoms with Crippen LogP contribution in [-0.4, -0.2) is 22.6 Å². The molecule has 31 heavy (non-hydrogen) atoms. The Kier molecular flexibility index (Phi) is 5.75.